The van der Waals surface area contributed by atoms with Gasteiger partial charge in [-0.1, -0.05) is 46.6 Å². The Morgan fingerprint density at radius 1 is 1.22 bits per heavy atom. The molecule has 1 amide bonds. The fourth-order valence-corrected chi connectivity index (χ4v) is 3.74. The summed E-state index contributed by atoms with van der Waals surface area (Å²) in [5, 5.41) is 4.30. The normalized spacial score (nSPS) is 12.0. The van der Waals surface area contributed by atoms with Gasteiger partial charge in [-0.25, -0.2) is 0 Å². The molecule has 0 N–H and O–H groups in total. The smallest absolute Gasteiger partial charge is 0.246 e. The molecule has 0 saturated carbocycles. The molecule has 0 radical (unpaired) electrons. The van der Waals surface area contributed by atoms with Gasteiger partial charge in [0.1, 0.15) is 0 Å². The van der Waals surface area contributed by atoms with Gasteiger partial charge >= 0.3 is 0 Å². The van der Waals surface area contributed by atoms with Crippen LogP contribution in [-0.4, -0.2) is 33.2 Å². The maximum atomic E-state index is 12.6. The minimum Gasteiger partial charge on any atom is -0.337 e. The van der Waals surface area contributed by atoms with Crippen molar-refractivity contribution in [2.75, 3.05) is 7.05 Å². The highest BCUT2D eigenvalue weighted by Gasteiger charge is 2.21. The highest BCUT2D eigenvalue weighted by molar-refractivity contribution is 8.00. The first kappa shape index (κ1) is 19.5. The third-order valence-electron chi connectivity index (χ3n) is 4.01. The number of aromatic nitrogens is 2. The molecule has 0 aliphatic rings. The SMILES string of the molecule is Cc1ccc(S[C@H](C)C(=O)N(C)Cc2nc(-c3ccccc3Cl)no2)cc1. The summed E-state index contributed by atoms with van der Waals surface area (Å²) in [6.45, 7) is 4.18. The van der Waals surface area contributed by atoms with Gasteiger partial charge in [0.25, 0.3) is 0 Å². The van der Waals surface area contributed by atoms with E-state index < -0.39 is 0 Å². The highest BCUT2D eigenvalue weighted by Crippen LogP contribution is 2.26. The molecule has 27 heavy (non-hydrogen) atoms. The lowest BCUT2D eigenvalue weighted by atomic mass is 10.2. The topological polar surface area (TPSA) is 59.2 Å². The van der Waals surface area contributed by atoms with Crippen molar-refractivity contribution in [3.63, 3.8) is 0 Å². The molecule has 0 spiro atoms. The van der Waals surface area contributed by atoms with Gasteiger partial charge in [-0.15, -0.1) is 11.8 Å². The number of carbonyl (C=O) groups excluding carboxylic acids is 1. The summed E-state index contributed by atoms with van der Waals surface area (Å²) in [4.78, 5) is 19.7. The number of rotatable bonds is 6. The predicted octanol–water partition coefficient (Wildman–Crippen LogP) is 4.84. The predicted molar refractivity (Wildman–Crippen MR) is 108 cm³/mol. The molecule has 0 aliphatic carbocycles. The van der Waals surface area contributed by atoms with Gasteiger partial charge < -0.3 is 9.42 Å². The largest absolute Gasteiger partial charge is 0.337 e. The first-order valence-corrected chi connectivity index (χ1v) is 9.75. The number of nitrogens with zero attached hydrogens (tertiary/aromatic N) is 3. The van der Waals surface area contributed by atoms with Gasteiger partial charge in [0, 0.05) is 17.5 Å². The fourth-order valence-electron chi connectivity index (χ4n) is 2.53. The number of amides is 1. The van der Waals surface area contributed by atoms with Crippen molar-refractivity contribution in [2.45, 2.75) is 30.5 Å². The molecular formula is C20H20ClN3O2S. The lowest BCUT2D eigenvalue weighted by Gasteiger charge is -2.19. The molecule has 1 heterocycles. The Labute approximate surface area is 167 Å². The average molecular weight is 402 g/mol. The minimum atomic E-state index is -0.219. The summed E-state index contributed by atoms with van der Waals surface area (Å²) >= 11 is 7.69. The molecule has 140 valence electrons. The van der Waals surface area contributed by atoms with Gasteiger partial charge in [0.2, 0.25) is 17.6 Å². The lowest BCUT2D eigenvalue weighted by Crippen LogP contribution is -2.32. The molecule has 0 saturated heterocycles. The third kappa shape index (κ3) is 4.90. The van der Waals surface area contributed by atoms with E-state index in [1.54, 1.807) is 18.0 Å². The number of hydrogen-bond donors (Lipinski definition) is 0. The second kappa shape index (κ2) is 8.59. The van der Waals surface area contributed by atoms with Gasteiger partial charge in [0.05, 0.1) is 16.8 Å². The monoisotopic (exact) mass is 401 g/mol. The Balaban J connectivity index is 1.63. The molecule has 0 aliphatic heterocycles. The second-order valence-corrected chi connectivity index (χ2v) is 8.08. The van der Waals surface area contributed by atoms with Crippen LogP contribution in [-0.2, 0) is 11.3 Å². The summed E-state index contributed by atoms with van der Waals surface area (Å²) in [6.07, 6.45) is 0. The Morgan fingerprint density at radius 2 is 1.93 bits per heavy atom. The van der Waals surface area contributed by atoms with Crippen LogP contribution in [0, 0.1) is 6.92 Å². The highest BCUT2D eigenvalue weighted by atomic mass is 35.5. The van der Waals surface area contributed by atoms with Gasteiger partial charge in [0.15, 0.2) is 0 Å². The third-order valence-corrected chi connectivity index (χ3v) is 5.44. The number of aryl methyl sites for hydroxylation is 1. The van der Waals surface area contributed by atoms with Crippen molar-refractivity contribution in [2.24, 2.45) is 0 Å². The molecule has 3 aromatic rings. The van der Waals surface area contributed by atoms with Crippen molar-refractivity contribution < 1.29 is 9.32 Å². The van der Waals surface area contributed by atoms with Crippen LogP contribution in [0.4, 0.5) is 0 Å². The number of benzene rings is 2. The molecule has 1 atom stereocenters. The molecule has 1 aromatic heterocycles. The van der Waals surface area contributed by atoms with Crippen LogP contribution in [0.5, 0.6) is 0 Å². The summed E-state index contributed by atoms with van der Waals surface area (Å²) in [5.41, 5.74) is 1.90. The molecule has 0 bridgehead atoms. The van der Waals surface area contributed by atoms with E-state index >= 15 is 0 Å². The van der Waals surface area contributed by atoms with Gasteiger partial charge in [-0.05, 0) is 38.1 Å². The van der Waals surface area contributed by atoms with Gasteiger partial charge in [-0.3, -0.25) is 4.79 Å². The van der Waals surface area contributed by atoms with Crippen molar-refractivity contribution >= 4 is 29.3 Å². The van der Waals surface area contributed by atoms with E-state index in [0.29, 0.717) is 22.3 Å². The van der Waals surface area contributed by atoms with E-state index in [0.717, 1.165) is 4.90 Å². The maximum Gasteiger partial charge on any atom is 0.246 e. The Bertz CT molecular complexity index is 927. The van der Waals surface area contributed by atoms with E-state index in [9.17, 15) is 4.79 Å². The number of thioether (sulfide) groups is 1. The summed E-state index contributed by atoms with van der Waals surface area (Å²) < 4.78 is 5.29. The molecule has 0 unspecified atom stereocenters. The number of halogens is 1. The molecular weight excluding hydrogens is 382 g/mol. The van der Waals surface area contributed by atoms with Crippen LogP contribution < -0.4 is 0 Å². The van der Waals surface area contributed by atoms with Crippen LogP contribution in [0.15, 0.2) is 57.9 Å². The fraction of sp³-hybridized carbons (Fsp3) is 0.250. The van der Waals surface area contributed by atoms with Crippen LogP contribution in [0.25, 0.3) is 11.4 Å². The van der Waals surface area contributed by atoms with Crippen molar-refractivity contribution in [1.82, 2.24) is 15.0 Å². The van der Waals surface area contributed by atoms with Crippen molar-refractivity contribution in [1.29, 1.82) is 0 Å². The van der Waals surface area contributed by atoms with E-state index in [1.165, 1.54) is 17.3 Å². The first-order chi connectivity index (χ1) is 12.9. The van der Waals surface area contributed by atoms with Crippen molar-refractivity contribution in [3.05, 3.63) is 65.0 Å². The lowest BCUT2D eigenvalue weighted by molar-refractivity contribution is -0.129. The van der Waals surface area contributed by atoms with E-state index in [4.69, 9.17) is 16.1 Å². The standard InChI is InChI=1S/C20H20ClN3O2S/c1-13-8-10-15(11-9-13)27-14(2)20(25)24(3)12-18-22-19(23-26-18)16-6-4-5-7-17(16)21/h4-11,14H,12H2,1-3H3/t14-/m1/s1. The van der Waals surface area contributed by atoms with Crippen LogP contribution in [0.3, 0.4) is 0 Å². The average Bonchev–Trinajstić information content (AvgIpc) is 3.11. The number of hydrogen-bond acceptors (Lipinski definition) is 5. The zero-order valence-corrected chi connectivity index (χ0v) is 16.9. The molecule has 7 heteroatoms. The maximum absolute atomic E-state index is 12.6. The Morgan fingerprint density at radius 3 is 2.63 bits per heavy atom. The molecule has 3 rings (SSSR count). The summed E-state index contributed by atoms with van der Waals surface area (Å²) in [6, 6.07) is 15.4. The van der Waals surface area contributed by atoms with E-state index in [2.05, 4.69) is 10.1 Å². The quantitative estimate of drug-likeness (QED) is 0.553. The van der Waals surface area contributed by atoms with Crippen LogP contribution in [0.2, 0.25) is 5.02 Å². The summed E-state index contributed by atoms with van der Waals surface area (Å²) in [7, 11) is 1.73. The van der Waals surface area contributed by atoms with Gasteiger partial charge in [-0.2, -0.15) is 4.98 Å². The van der Waals surface area contributed by atoms with Crippen LogP contribution in [0.1, 0.15) is 18.4 Å². The zero-order chi connectivity index (χ0) is 19.4. The van der Waals surface area contributed by atoms with Crippen molar-refractivity contribution in [3.8, 4) is 11.4 Å². The Kier molecular flexibility index (Phi) is 6.19. The Hall–Kier alpha value is -2.31. The second-order valence-electron chi connectivity index (χ2n) is 6.26. The first-order valence-electron chi connectivity index (χ1n) is 8.50. The van der Waals surface area contributed by atoms with E-state index in [-0.39, 0.29) is 17.7 Å². The molecule has 5 nitrogen and oxygen atoms in total. The summed E-state index contributed by atoms with van der Waals surface area (Å²) in [5.74, 6) is 0.782. The minimum absolute atomic E-state index is 0.00179. The zero-order valence-electron chi connectivity index (χ0n) is 15.3. The molecule has 0 fully saturated rings. The number of carbonyl (C=O) groups is 1. The molecule has 2 aromatic carbocycles. The van der Waals surface area contributed by atoms with E-state index in [1.807, 2.05) is 56.3 Å². The van der Waals surface area contributed by atoms with Crippen LogP contribution >= 0.6 is 23.4 Å².